The highest BCUT2D eigenvalue weighted by molar-refractivity contribution is 7.98. The molecule has 1 aromatic carbocycles. The fraction of sp³-hybridized carbons (Fsp3) is 0.600. The number of thioether (sulfide) groups is 1. The Morgan fingerprint density at radius 2 is 2.00 bits per heavy atom. The zero-order valence-electron chi connectivity index (χ0n) is 11.4. The van der Waals surface area contributed by atoms with E-state index in [1.165, 1.54) is 42.6 Å². The fourth-order valence-corrected chi connectivity index (χ4v) is 3.48. The molecule has 3 heteroatoms. The van der Waals surface area contributed by atoms with Gasteiger partial charge in [-0.05, 0) is 37.3 Å². The molecule has 1 saturated carbocycles. The Balaban J connectivity index is 2.44. The van der Waals surface area contributed by atoms with Crippen LogP contribution in [0.2, 0.25) is 0 Å². The molecular weight excluding hydrogens is 242 g/mol. The smallest absolute Gasteiger partial charge is 0.122 e. The third-order valence-electron chi connectivity index (χ3n) is 4.18. The van der Waals surface area contributed by atoms with Gasteiger partial charge in [-0.3, -0.25) is 0 Å². The van der Waals surface area contributed by atoms with E-state index >= 15 is 0 Å². The second-order valence-corrected chi connectivity index (χ2v) is 5.99. The molecule has 0 amide bonds. The standard InChI is InChI=1S/C15H23NOS/c1-17-14-7-6-12(18-2)10-13(14)15(11-16)8-4-3-5-9-15/h6-7,10H,3-5,8-9,11,16H2,1-2H3. The van der Waals surface area contributed by atoms with E-state index in [2.05, 4.69) is 24.5 Å². The molecule has 2 rings (SSSR count). The average Bonchev–Trinajstić information content (AvgIpc) is 2.47. The highest BCUT2D eigenvalue weighted by Gasteiger charge is 2.35. The zero-order chi connectivity index (χ0) is 13.0. The van der Waals surface area contributed by atoms with E-state index in [0.717, 1.165) is 12.3 Å². The van der Waals surface area contributed by atoms with Crippen molar-refractivity contribution in [2.24, 2.45) is 5.73 Å². The molecular formula is C15H23NOS. The van der Waals surface area contributed by atoms with Crippen LogP contribution in [-0.4, -0.2) is 19.9 Å². The number of hydrogen-bond donors (Lipinski definition) is 1. The summed E-state index contributed by atoms with van der Waals surface area (Å²) < 4.78 is 5.56. The van der Waals surface area contributed by atoms with E-state index in [-0.39, 0.29) is 5.41 Å². The maximum Gasteiger partial charge on any atom is 0.122 e. The van der Waals surface area contributed by atoms with E-state index in [0.29, 0.717) is 0 Å². The van der Waals surface area contributed by atoms with Crippen LogP contribution in [0.5, 0.6) is 5.75 Å². The van der Waals surface area contributed by atoms with E-state index in [9.17, 15) is 0 Å². The molecule has 1 aliphatic rings. The van der Waals surface area contributed by atoms with Gasteiger partial charge in [-0.25, -0.2) is 0 Å². The van der Waals surface area contributed by atoms with Crippen LogP contribution in [0.15, 0.2) is 23.1 Å². The molecule has 0 unspecified atom stereocenters. The van der Waals surface area contributed by atoms with Crippen LogP contribution < -0.4 is 10.5 Å². The number of benzene rings is 1. The Morgan fingerprint density at radius 3 is 2.56 bits per heavy atom. The lowest BCUT2D eigenvalue weighted by Crippen LogP contribution is -2.37. The van der Waals surface area contributed by atoms with Crippen LogP contribution >= 0.6 is 11.8 Å². The molecule has 0 atom stereocenters. The first-order valence-electron chi connectivity index (χ1n) is 6.68. The maximum atomic E-state index is 6.12. The second kappa shape index (κ2) is 5.98. The summed E-state index contributed by atoms with van der Waals surface area (Å²) in [6, 6.07) is 6.49. The summed E-state index contributed by atoms with van der Waals surface area (Å²) in [5.74, 6) is 1.00. The topological polar surface area (TPSA) is 35.2 Å². The molecule has 1 aliphatic carbocycles. The van der Waals surface area contributed by atoms with Gasteiger partial charge in [0.2, 0.25) is 0 Å². The first kappa shape index (κ1) is 13.8. The van der Waals surface area contributed by atoms with Gasteiger partial charge in [0.05, 0.1) is 7.11 Å². The largest absolute Gasteiger partial charge is 0.496 e. The normalized spacial score (nSPS) is 18.6. The molecule has 1 fully saturated rings. The van der Waals surface area contributed by atoms with Crippen molar-refractivity contribution in [2.75, 3.05) is 19.9 Å². The summed E-state index contributed by atoms with van der Waals surface area (Å²) in [6.07, 6.45) is 8.40. The van der Waals surface area contributed by atoms with Crippen molar-refractivity contribution in [1.82, 2.24) is 0 Å². The monoisotopic (exact) mass is 265 g/mol. The van der Waals surface area contributed by atoms with Crippen molar-refractivity contribution >= 4 is 11.8 Å². The second-order valence-electron chi connectivity index (χ2n) is 5.11. The van der Waals surface area contributed by atoms with Crippen molar-refractivity contribution in [1.29, 1.82) is 0 Å². The number of nitrogens with two attached hydrogens (primary N) is 1. The van der Waals surface area contributed by atoms with Crippen molar-refractivity contribution in [3.63, 3.8) is 0 Å². The molecule has 1 aromatic rings. The summed E-state index contributed by atoms with van der Waals surface area (Å²) in [5.41, 5.74) is 7.58. The van der Waals surface area contributed by atoms with Gasteiger partial charge < -0.3 is 10.5 Å². The number of hydrogen-bond acceptors (Lipinski definition) is 3. The lowest BCUT2D eigenvalue weighted by atomic mass is 9.69. The van der Waals surface area contributed by atoms with Gasteiger partial charge in [0.1, 0.15) is 5.75 Å². The Kier molecular flexibility index (Phi) is 4.57. The van der Waals surface area contributed by atoms with E-state index in [1.807, 2.05) is 0 Å². The Bertz CT molecular complexity index is 399. The van der Waals surface area contributed by atoms with Crippen LogP contribution in [-0.2, 0) is 5.41 Å². The van der Waals surface area contributed by atoms with Gasteiger partial charge >= 0.3 is 0 Å². The minimum atomic E-state index is 0.134. The minimum absolute atomic E-state index is 0.134. The molecule has 0 aromatic heterocycles. The molecule has 100 valence electrons. The maximum absolute atomic E-state index is 6.12. The molecule has 0 spiro atoms. The van der Waals surface area contributed by atoms with Crippen LogP contribution in [0.1, 0.15) is 37.7 Å². The Hall–Kier alpha value is -0.670. The van der Waals surface area contributed by atoms with Crippen molar-refractivity contribution in [3.05, 3.63) is 23.8 Å². The molecule has 0 radical (unpaired) electrons. The van der Waals surface area contributed by atoms with Crippen molar-refractivity contribution in [2.45, 2.75) is 42.4 Å². The summed E-state index contributed by atoms with van der Waals surface area (Å²) in [7, 11) is 1.75. The van der Waals surface area contributed by atoms with Crippen LogP contribution in [0.4, 0.5) is 0 Å². The molecule has 18 heavy (non-hydrogen) atoms. The van der Waals surface area contributed by atoms with Gasteiger partial charge in [0, 0.05) is 22.4 Å². The lowest BCUT2D eigenvalue weighted by Gasteiger charge is -2.37. The van der Waals surface area contributed by atoms with E-state index in [1.54, 1.807) is 18.9 Å². The van der Waals surface area contributed by atoms with E-state index in [4.69, 9.17) is 10.5 Å². The first-order valence-corrected chi connectivity index (χ1v) is 7.91. The van der Waals surface area contributed by atoms with Crippen LogP contribution in [0.25, 0.3) is 0 Å². The summed E-state index contributed by atoms with van der Waals surface area (Å²) in [5, 5.41) is 0. The number of rotatable bonds is 4. The molecule has 2 N–H and O–H groups in total. The van der Waals surface area contributed by atoms with Gasteiger partial charge in [-0.1, -0.05) is 19.3 Å². The zero-order valence-corrected chi connectivity index (χ0v) is 12.2. The van der Waals surface area contributed by atoms with Crippen LogP contribution in [0, 0.1) is 0 Å². The fourth-order valence-electron chi connectivity index (χ4n) is 3.04. The molecule has 0 saturated heterocycles. The number of ether oxygens (including phenoxy) is 1. The van der Waals surface area contributed by atoms with Crippen molar-refractivity contribution in [3.8, 4) is 5.75 Å². The van der Waals surface area contributed by atoms with Gasteiger partial charge in [-0.15, -0.1) is 11.8 Å². The van der Waals surface area contributed by atoms with Gasteiger partial charge in [-0.2, -0.15) is 0 Å². The van der Waals surface area contributed by atoms with Crippen LogP contribution in [0.3, 0.4) is 0 Å². The third kappa shape index (κ3) is 2.52. The van der Waals surface area contributed by atoms with E-state index < -0.39 is 0 Å². The molecule has 2 nitrogen and oxygen atoms in total. The summed E-state index contributed by atoms with van der Waals surface area (Å²) >= 11 is 1.78. The SMILES string of the molecule is COc1ccc(SC)cc1C1(CN)CCCCC1. The third-order valence-corrected chi connectivity index (χ3v) is 4.90. The lowest BCUT2D eigenvalue weighted by molar-refractivity contribution is 0.287. The number of methoxy groups -OCH3 is 1. The Morgan fingerprint density at radius 1 is 1.28 bits per heavy atom. The molecule has 0 bridgehead atoms. The Labute approximate surface area is 114 Å². The quantitative estimate of drug-likeness (QED) is 0.845. The van der Waals surface area contributed by atoms with Gasteiger partial charge in [0.25, 0.3) is 0 Å². The summed E-state index contributed by atoms with van der Waals surface area (Å²) in [4.78, 5) is 1.30. The van der Waals surface area contributed by atoms with Gasteiger partial charge in [0.15, 0.2) is 0 Å². The first-order chi connectivity index (χ1) is 8.75. The summed E-state index contributed by atoms with van der Waals surface area (Å²) in [6.45, 7) is 0.723. The predicted octanol–water partition coefficient (Wildman–Crippen LogP) is 3.58. The minimum Gasteiger partial charge on any atom is -0.496 e. The molecule has 0 aliphatic heterocycles. The highest BCUT2D eigenvalue weighted by atomic mass is 32.2. The average molecular weight is 265 g/mol. The highest BCUT2D eigenvalue weighted by Crippen LogP contribution is 2.43. The predicted molar refractivity (Wildman–Crippen MR) is 78.6 cm³/mol. The molecule has 0 heterocycles. The van der Waals surface area contributed by atoms with Crippen molar-refractivity contribution < 1.29 is 4.74 Å².